The van der Waals surface area contributed by atoms with E-state index in [1.165, 1.54) is 10.8 Å². The van der Waals surface area contributed by atoms with Crippen LogP contribution in [0.1, 0.15) is 0 Å². The minimum Gasteiger partial charge on any atom is -0.456 e. The lowest BCUT2D eigenvalue weighted by atomic mass is 9.96. The summed E-state index contributed by atoms with van der Waals surface area (Å²) in [6, 6.07) is 51.6. The van der Waals surface area contributed by atoms with E-state index in [1.807, 2.05) is 78.9 Å². The predicted molar refractivity (Wildman–Crippen MR) is 194 cm³/mol. The Morgan fingerprint density at radius 1 is 0.354 bits per heavy atom. The molecule has 0 aliphatic rings. The van der Waals surface area contributed by atoms with Crippen LogP contribution >= 0.6 is 0 Å². The summed E-state index contributed by atoms with van der Waals surface area (Å²) in [6.07, 6.45) is 0. The van der Waals surface area contributed by atoms with E-state index in [0.717, 1.165) is 71.7 Å². The van der Waals surface area contributed by atoms with Crippen molar-refractivity contribution >= 4 is 54.6 Å². The Morgan fingerprint density at radius 3 is 1.83 bits per heavy atom. The second-order valence-electron chi connectivity index (χ2n) is 12.0. The zero-order valence-electron chi connectivity index (χ0n) is 25.6. The smallest absolute Gasteiger partial charge is 0.164 e. The lowest BCUT2D eigenvalue weighted by Gasteiger charge is -2.11. The second-order valence-corrected chi connectivity index (χ2v) is 12.0. The number of rotatable bonds is 4. The molecule has 0 amide bonds. The molecule has 0 spiro atoms. The molecule has 0 radical (unpaired) electrons. The van der Waals surface area contributed by atoms with Gasteiger partial charge in [-0.15, -0.1) is 0 Å². The van der Waals surface area contributed by atoms with Crippen LogP contribution in [-0.2, 0) is 0 Å². The zero-order chi connectivity index (χ0) is 31.6. The highest BCUT2D eigenvalue weighted by atomic mass is 16.3. The SMILES string of the molecule is c1ccc(-c2nc(-c3ccc4oc5ccccc5c4c3)nc(-c3ccc(-c4ccc5ccccc5c4)c4oc5ccccc5c34)n2)cc1. The molecule has 3 heterocycles. The van der Waals surface area contributed by atoms with Crippen LogP contribution in [0.4, 0.5) is 0 Å². The highest BCUT2D eigenvalue weighted by Gasteiger charge is 2.21. The Labute approximate surface area is 274 Å². The molecule has 5 heteroatoms. The Hall–Kier alpha value is -6.59. The summed E-state index contributed by atoms with van der Waals surface area (Å²) in [5, 5.41) is 6.45. The maximum absolute atomic E-state index is 6.64. The quantitative estimate of drug-likeness (QED) is 0.197. The van der Waals surface area contributed by atoms with Crippen LogP contribution in [0.3, 0.4) is 0 Å². The first-order valence-electron chi connectivity index (χ1n) is 15.9. The molecule has 0 aliphatic heterocycles. The van der Waals surface area contributed by atoms with Crippen molar-refractivity contribution in [3.63, 3.8) is 0 Å². The van der Waals surface area contributed by atoms with E-state index in [-0.39, 0.29) is 0 Å². The fourth-order valence-corrected chi connectivity index (χ4v) is 6.81. The summed E-state index contributed by atoms with van der Waals surface area (Å²) in [7, 11) is 0. The molecule has 0 aliphatic carbocycles. The second kappa shape index (κ2) is 10.5. The normalized spacial score (nSPS) is 11.8. The summed E-state index contributed by atoms with van der Waals surface area (Å²) >= 11 is 0. The molecular formula is C43H25N3O2. The number of benzene rings is 7. The van der Waals surface area contributed by atoms with Crippen molar-refractivity contribution in [2.24, 2.45) is 0 Å². The molecule has 10 aromatic rings. The number of aromatic nitrogens is 3. The van der Waals surface area contributed by atoms with Crippen molar-refractivity contribution in [2.75, 3.05) is 0 Å². The molecule has 224 valence electrons. The molecule has 0 saturated heterocycles. The van der Waals surface area contributed by atoms with Crippen molar-refractivity contribution in [3.8, 4) is 45.3 Å². The molecule has 0 bridgehead atoms. The van der Waals surface area contributed by atoms with E-state index in [1.54, 1.807) is 0 Å². The Morgan fingerprint density at radius 2 is 0.979 bits per heavy atom. The van der Waals surface area contributed by atoms with Gasteiger partial charge < -0.3 is 8.83 Å². The standard InChI is InChI=1S/C43H25N3O2/c1-2-11-27(12-3-1)41-44-42(30-20-23-38-35(25-30)32-14-6-8-16-36(32)47-38)46-43(45-41)34-22-21-31(29-19-18-26-10-4-5-13-28(26)24-29)40-39(34)33-15-7-9-17-37(33)48-40/h1-25H. The van der Waals surface area contributed by atoms with Crippen LogP contribution in [0.2, 0.25) is 0 Å². The average molecular weight is 616 g/mol. The molecule has 5 nitrogen and oxygen atoms in total. The van der Waals surface area contributed by atoms with E-state index >= 15 is 0 Å². The maximum atomic E-state index is 6.64. The summed E-state index contributed by atoms with van der Waals surface area (Å²) < 4.78 is 12.8. The molecule has 10 rings (SSSR count). The molecular weight excluding hydrogens is 590 g/mol. The van der Waals surface area contributed by atoms with Crippen molar-refractivity contribution < 1.29 is 8.83 Å². The molecule has 0 fully saturated rings. The number of hydrogen-bond acceptors (Lipinski definition) is 5. The first kappa shape index (κ1) is 26.6. The summed E-state index contributed by atoms with van der Waals surface area (Å²) in [5.74, 6) is 1.77. The lowest BCUT2D eigenvalue weighted by molar-refractivity contribution is 0.669. The van der Waals surface area contributed by atoms with Crippen molar-refractivity contribution in [3.05, 3.63) is 152 Å². The fraction of sp³-hybridized carbons (Fsp3) is 0. The van der Waals surface area contributed by atoms with Gasteiger partial charge >= 0.3 is 0 Å². The highest BCUT2D eigenvalue weighted by molar-refractivity contribution is 6.16. The summed E-state index contributed by atoms with van der Waals surface area (Å²) in [4.78, 5) is 15.3. The molecule has 0 N–H and O–H groups in total. The van der Waals surface area contributed by atoms with E-state index in [4.69, 9.17) is 23.8 Å². The molecule has 3 aromatic heterocycles. The number of fused-ring (bicyclic) bond motifs is 7. The maximum Gasteiger partial charge on any atom is 0.164 e. The van der Waals surface area contributed by atoms with Gasteiger partial charge in [-0.1, -0.05) is 103 Å². The Bertz CT molecular complexity index is 2850. The Balaban J connectivity index is 1.23. The summed E-state index contributed by atoms with van der Waals surface area (Å²) in [6.45, 7) is 0. The van der Waals surface area contributed by atoms with Gasteiger partial charge in [0.05, 0.1) is 0 Å². The average Bonchev–Trinajstić information content (AvgIpc) is 3.73. The van der Waals surface area contributed by atoms with Crippen LogP contribution in [0.15, 0.2) is 160 Å². The van der Waals surface area contributed by atoms with Crippen LogP contribution in [0, 0.1) is 0 Å². The van der Waals surface area contributed by atoms with Gasteiger partial charge in [-0.25, -0.2) is 15.0 Å². The predicted octanol–water partition coefficient (Wildman–Crippen LogP) is 11.5. The van der Waals surface area contributed by atoms with E-state index in [0.29, 0.717) is 17.5 Å². The van der Waals surface area contributed by atoms with E-state index < -0.39 is 0 Å². The largest absolute Gasteiger partial charge is 0.456 e. The third kappa shape index (κ3) is 4.22. The van der Waals surface area contributed by atoms with Gasteiger partial charge in [-0.2, -0.15) is 0 Å². The van der Waals surface area contributed by atoms with Gasteiger partial charge in [0.15, 0.2) is 17.5 Å². The minimum absolute atomic E-state index is 0.581. The number of furan rings is 2. The van der Waals surface area contributed by atoms with Gasteiger partial charge in [0.25, 0.3) is 0 Å². The third-order valence-corrected chi connectivity index (χ3v) is 9.13. The van der Waals surface area contributed by atoms with Crippen LogP contribution in [-0.4, -0.2) is 15.0 Å². The van der Waals surface area contributed by atoms with Crippen LogP contribution < -0.4 is 0 Å². The molecule has 0 atom stereocenters. The first-order valence-corrected chi connectivity index (χ1v) is 15.9. The minimum atomic E-state index is 0.581. The van der Waals surface area contributed by atoms with Crippen LogP contribution in [0.25, 0.3) is 99.9 Å². The molecule has 0 unspecified atom stereocenters. The summed E-state index contributed by atoms with van der Waals surface area (Å²) in [5.41, 5.74) is 8.09. The van der Waals surface area contributed by atoms with E-state index in [2.05, 4.69) is 72.8 Å². The van der Waals surface area contributed by atoms with Gasteiger partial charge in [0.2, 0.25) is 0 Å². The van der Waals surface area contributed by atoms with Crippen molar-refractivity contribution in [1.82, 2.24) is 15.0 Å². The number of nitrogens with zero attached hydrogens (tertiary/aromatic N) is 3. The zero-order valence-corrected chi connectivity index (χ0v) is 25.6. The third-order valence-electron chi connectivity index (χ3n) is 9.13. The molecule has 0 saturated carbocycles. The highest BCUT2D eigenvalue weighted by Crippen LogP contribution is 2.42. The Kier molecular flexibility index (Phi) is 5.81. The van der Waals surface area contributed by atoms with Gasteiger partial charge in [-0.3, -0.25) is 0 Å². The monoisotopic (exact) mass is 615 g/mol. The topological polar surface area (TPSA) is 65.0 Å². The number of hydrogen-bond donors (Lipinski definition) is 0. The fourth-order valence-electron chi connectivity index (χ4n) is 6.81. The molecule has 7 aromatic carbocycles. The van der Waals surface area contributed by atoms with E-state index in [9.17, 15) is 0 Å². The van der Waals surface area contributed by atoms with Crippen LogP contribution in [0.5, 0.6) is 0 Å². The van der Waals surface area contributed by atoms with Crippen molar-refractivity contribution in [2.45, 2.75) is 0 Å². The molecule has 48 heavy (non-hydrogen) atoms. The lowest BCUT2D eigenvalue weighted by Crippen LogP contribution is -2.00. The van der Waals surface area contributed by atoms with Gasteiger partial charge in [0.1, 0.15) is 22.3 Å². The van der Waals surface area contributed by atoms with Gasteiger partial charge in [0, 0.05) is 43.8 Å². The van der Waals surface area contributed by atoms with Crippen molar-refractivity contribution in [1.29, 1.82) is 0 Å². The van der Waals surface area contributed by atoms with Gasteiger partial charge in [-0.05, 0) is 64.9 Å². The first-order chi connectivity index (χ1) is 23.8. The number of para-hydroxylation sites is 2.